The molecule has 1 aromatic heterocycles. The number of amides is 2. The summed E-state index contributed by atoms with van der Waals surface area (Å²) in [6, 6.07) is 11.4. The lowest BCUT2D eigenvalue weighted by atomic mass is 9.96. The second kappa shape index (κ2) is 8.99. The molecule has 0 bridgehead atoms. The van der Waals surface area contributed by atoms with Crippen LogP contribution in [0.2, 0.25) is 0 Å². The molecule has 0 atom stereocenters. The highest BCUT2D eigenvalue weighted by atomic mass is 19.1. The number of aromatic nitrogens is 1. The van der Waals surface area contributed by atoms with Gasteiger partial charge in [0, 0.05) is 30.4 Å². The van der Waals surface area contributed by atoms with Crippen LogP contribution in [-0.4, -0.2) is 34.1 Å². The van der Waals surface area contributed by atoms with Crippen LogP contribution in [0.3, 0.4) is 0 Å². The topological polar surface area (TPSA) is 101 Å². The van der Waals surface area contributed by atoms with E-state index in [4.69, 9.17) is 4.74 Å². The fraction of sp³-hybridized carbons (Fsp3) is 0.240. The van der Waals surface area contributed by atoms with Crippen LogP contribution < -0.4 is 15.4 Å². The van der Waals surface area contributed by atoms with Gasteiger partial charge in [-0.2, -0.15) is 0 Å². The van der Waals surface area contributed by atoms with Gasteiger partial charge in [-0.15, -0.1) is 0 Å². The van der Waals surface area contributed by atoms with Gasteiger partial charge in [0.15, 0.2) is 0 Å². The van der Waals surface area contributed by atoms with Crippen molar-refractivity contribution in [1.29, 1.82) is 0 Å². The average molecular weight is 449 g/mol. The summed E-state index contributed by atoms with van der Waals surface area (Å²) in [4.78, 5) is 29.1. The largest absolute Gasteiger partial charge is 0.487 e. The van der Waals surface area contributed by atoms with Crippen LogP contribution in [0.25, 0.3) is 11.1 Å². The molecule has 0 radical (unpaired) electrons. The van der Waals surface area contributed by atoms with Crippen molar-refractivity contribution >= 4 is 11.8 Å². The minimum Gasteiger partial charge on any atom is -0.487 e. The van der Waals surface area contributed by atoms with Crippen LogP contribution in [0.4, 0.5) is 4.39 Å². The number of aliphatic hydroxyl groups is 1. The molecule has 33 heavy (non-hydrogen) atoms. The summed E-state index contributed by atoms with van der Waals surface area (Å²) in [5, 5.41) is 15.0. The minimum atomic E-state index is -1.11. The van der Waals surface area contributed by atoms with Gasteiger partial charge >= 0.3 is 0 Å². The molecule has 170 valence electrons. The number of carbonyl (C=O) groups excluding carboxylic acids is 2. The second-order valence-electron chi connectivity index (χ2n) is 8.52. The van der Waals surface area contributed by atoms with E-state index in [9.17, 15) is 19.1 Å². The SMILES string of the molecule is CC(C)(O)CNC(=O)c1cc(CNC(=O)c2ccc3c(c2)COc2cnccc2-3)ccc1F. The van der Waals surface area contributed by atoms with Crippen molar-refractivity contribution in [3.05, 3.63) is 82.9 Å². The third-order valence-electron chi connectivity index (χ3n) is 5.24. The van der Waals surface area contributed by atoms with Gasteiger partial charge in [-0.3, -0.25) is 14.6 Å². The van der Waals surface area contributed by atoms with Crippen molar-refractivity contribution in [2.75, 3.05) is 6.54 Å². The molecule has 2 amide bonds. The van der Waals surface area contributed by atoms with Gasteiger partial charge in [0.25, 0.3) is 11.8 Å². The van der Waals surface area contributed by atoms with Gasteiger partial charge in [-0.25, -0.2) is 4.39 Å². The molecular weight excluding hydrogens is 425 g/mol. The maximum absolute atomic E-state index is 14.1. The van der Waals surface area contributed by atoms with Gasteiger partial charge in [0.05, 0.1) is 17.4 Å². The molecule has 0 unspecified atom stereocenters. The van der Waals surface area contributed by atoms with Crippen molar-refractivity contribution in [3.63, 3.8) is 0 Å². The lowest BCUT2D eigenvalue weighted by molar-refractivity contribution is 0.0692. The maximum atomic E-state index is 14.1. The molecule has 7 nitrogen and oxygen atoms in total. The first-order valence-electron chi connectivity index (χ1n) is 10.5. The fourth-order valence-electron chi connectivity index (χ4n) is 3.52. The number of nitrogens with zero attached hydrogens (tertiary/aromatic N) is 1. The molecule has 3 aromatic rings. The Bertz CT molecular complexity index is 1220. The standard InChI is InChI=1S/C25H24FN3O4/c1-25(2,32)14-29-24(31)20-9-15(3-6-21(20)26)11-28-23(30)16-4-5-18-17(10-16)13-33-22-12-27-8-7-19(18)22/h3-10,12,32H,11,13-14H2,1-2H3,(H,28,30)(H,29,31). The highest BCUT2D eigenvalue weighted by Gasteiger charge is 2.20. The molecule has 1 aliphatic heterocycles. The predicted molar refractivity (Wildman–Crippen MR) is 120 cm³/mol. The Kier molecular flexibility index (Phi) is 6.11. The molecule has 2 heterocycles. The zero-order chi connectivity index (χ0) is 23.6. The smallest absolute Gasteiger partial charge is 0.254 e. The number of fused-ring (bicyclic) bond motifs is 3. The summed E-state index contributed by atoms with van der Waals surface area (Å²) in [5.74, 6) is -0.895. The maximum Gasteiger partial charge on any atom is 0.254 e. The van der Waals surface area contributed by atoms with E-state index in [1.807, 2.05) is 12.1 Å². The number of hydrogen-bond donors (Lipinski definition) is 3. The third kappa shape index (κ3) is 5.18. The van der Waals surface area contributed by atoms with Crippen LogP contribution >= 0.6 is 0 Å². The number of nitrogens with one attached hydrogen (secondary N) is 2. The lowest BCUT2D eigenvalue weighted by Gasteiger charge is -2.20. The summed E-state index contributed by atoms with van der Waals surface area (Å²) in [5.41, 5.74) is 2.60. The first-order valence-corrected chi connectivity index (χ1v) is 10.5. The quantitative estimate of drug-likeness (QED) is 0.537. The van der Waals surface area contributed by atoms with E-state index < -0.39 is 17.3 Å². The summed E-state index contributed by atoms with van der Waals surface area (Å²) in [7, 11) is 0. The number of halogens is 1. The Balaban J connectivity index is 1.44. The van der Waals surface area contributed by atoms with E-state index in [0.29, 0.717) is 23.5 Å². The van der Waals surface area contributed by atoms with Gasteiger partial charge < -0.3 is 20.5 Å². The number of rotatable bonds is 6. The average Bonchev–Trinajstić information content (AvgIpc) is 2.80. The van der Waals surface area contributed by atoms with Crippen LogP contribution in [0.15, 0.2) is 54.9 Å². The second-order valence-corrected chi connectivity index (χ2v) is 8.52. The Morgan fingerprint density at radius 2 is 1.91 bits per heavy atom. The van der Waals surface area contributed by atoms with E-state index in [1.54, 1.807) is 38.4 Å². The van der Waals surface area contributed by atoms with Crippen LogP contribution in [-0.2, 0) is 13.2 Å². The van der Waals surface area contributed by atoms with Crippen LogP contribution in [0.1, 0.15) is 45.7 Å². The number of hydrogen-bond acceptors (Lipinski definition) is 5. The van der Waals surface area contributed by atoms with Crippen LogP contribution in [0, 0.1) is 5.82 Å². The Hall–Kier alpha value is -3.78. The number of ether oxygens (including phenoxy) is 1. The van der Waals surface area contributed by atoms with E-state index >= 15 is 0 Å². The molecule has 0 saturated carbocycles. The zero-order valence-corrected chi connectivity index (χ0v) is 18.3. The van der Waals surface area contributed by atoms with E-state index in [1.165, 1.54) is 18.2 Å². The van der Waals surface area contributed by atoms with Gasteiger partial charge in [-0.1, -0.05) is 12.1 Å². The molecule has 0 aliphatic carbocycles. The summed E-state index contributed by atoms with van der Waals surface area (Å²) >= 11 is 0. The highest BCUT2D eigenvalue weighted by Crippen LogP contribution is 2.36. The molecule has 3 N–H and O–H groups in total. The molecule has 0 saturated heterocycles. The summed E-state index contributed by atoms with van der Waals surface area (Å²) in [6.45, 7) is 3.52. The first-order chi connectivity index (χ1) is 15.7. The van der Waals surface area contributed by atoms with Crippen molar-refractivity contribution in [2.24, 2.45) is 0 Å². The number of pyridine rings is 1. The number of benzene rings is 2. The molecule has 8 heteroatoms. The van der Waals surface area contributed by atoms with E-state index in [2.05, 4.69) is 15.6 Å². The summed E-state index contributed by atoms with van der Waals surface area (Å²) in [6.07, 6.45) is 3.36. The fourth-order valence-corrected chi connectivity index (χ4v) is 3.52. The first kappa shape index (κ1) is 22.4. The molecular formula is C25H24FN3O4. The Morgan fingerprint density at radius 1 is 1.09 bits per heavy atom. The highest BCUT2D eigenvalue weighted by molar-refractivity contribution is 5.96. The Morgan fingerprint density at radius 3 is 2.70 bits per heavy atom. The zero-order valence-electron chi connectivity index (χ0n) is 18.3. The molecule has 1 aliphatic rings. The normalized spacial score (nSPS) is 12.2. The van der Waals surface area contributed by atoms with Crippen molar-refractivity contribution in [3.8, 4) is 16.9 Å². The van der Waals surface area contributed by atoms with Crippen molar-refractivity contribution in [2.45, 2.75) is 32.6 Å². The molecule has 0 spiro atoms. The van der Waals surface area contributed by atoms with E-state index in [0.717, 1.165) is 16.7 Å². The monoisotopic (exact) mass is 449 g/mol. The van der Waals surface area contributed by atoms with E-state index in [-0.39, 0.29) is 24.6 Å². The molecule has 2 aromatic carbocycles. The number of carbonyl (C=O) groups is 2. The van der Waals surface area contributed by atoms with Crippen molar-refractivity contribution < 1.29 is 23.8 Å². The van der Waals surface area contributed by atoms with Gasteiger partial charge in [-0.05, 0) is 60.9 Å². The Labute approximate surface area is 190 Å². The van der Waals surface area contributed by atoms with Gasteiger partial charge in [0.2, 0.25) is 0 Å². The van der Waals surface area contributed by atoms with Gasteiger partial charge in [0.1, 0.15) is 18.2 Å². The third-order valence-corrected chi connectivity index (χ3v) is 5.24. The molecule has 0 fully saturated rings. The molecule has 4 rings (SSSR count). The lowest BCUT2D eigenvalue weighted by Crippen LogP contribution is -2.38. The minimum absolute atomic E-state index is 0.0186. The predicted octanol–water partition coefficient (Wildman–Crippen LogP) is 3.21. The van der Waals surface area contributed by atoms with Crippen LogP contribution in [0.5, 0.6) is 5.75 Å². The summed E-state index contributed by atoms with van der Waals surface area (Å²) < 4.78 is 19.9. The van der Waals surface area contributed by atoms with Crippen molar-refractivity contribution in [1.82, 2.24) is 15.6 Å².